The van der Waals surface area contributed by atoms with Crippen LogP contribution in [0.1, 0.15) is 24.0 Å². The maximum absolute atomic E-state index is 12.1. The third-order valence-corrected chi connectivity index (χ3v) is 7.34. The molecule has 1 aliphatic rings. The number of sulfonamides is 1. The zero-order valence-corrected chi connectivity index (χ0v) is 19.3. The number of anilines is 1. The van der Waals surface area contributed by atoms with Crippen LogP contribution in [0.4, 0.5) is 5.69 Å². The highest BCUT2D eigenvalue weighted by Gasteiger charge is 2.16. The van der Waals surface area contributed by atoms with Crippen LogP contribution in [0.5, 0.6) is 0 Å². The summed E-state index contributed by atoms with van der Waals surface area (Å²) in [4.78, 5) is 4.20. The van der Waals surface area contributed by atoms with Crippen LogP contribution >= 0.6 is 46.9 Å². The quantitative estimate of drug-likeness (QED) is 0.226. The maximum Gasteiger partial charge on any atom is 0.250 e. The van der Waals surface area contributed by atoms with Gasteiger partial charge in [-0.15, -0.1) is 35.3 Å². The van der Waals surface area contributed by atoms with Gasteiger partial charge in [-0.1, -0.05) is 23.7 Å². The van der Waals surface area contributed by atoms with Gasteiger partial charge in [-0.2, -0.15) is 0 Å². The number of fused-ring (bicyclic) bond motifs is 1. The fourth-order valence-electron chi connectivity index (χ4n) is 2.95. The van der Waals surface area contributed by atoms with E-state index in [-0.39, 0.29) is 47.2 Å². The fourth-order valence-corrected chi connectivity index (χ4v) is 5.49. The second-order valence-corrected chi connectivity index (χ2v) is 9.71. The van der Waals surface area contributed by atoms with Gasteiger partial charge in [0.05, 0.1) is 10.9 Å². The standard InChI is InChI=1S/C17H21ClN4O2S2.HI/c18-15-8-9-16(25-15)26(23,24)21-11-10-20-17(19)22-14-7-3-5-12-4-1-2-6-13(12)14;/h3,5,7-9,21H,1-2,4,6,10-11H2,(H3,19,20,22);1H. The highest BCUT2D eigenvalue weighted by molar-refractivity contribution is 14.0. The fraction of sp³-hybridized carbons (Fsp3) is 0.353. The largest absolute Gasteiger partial charge is 0.370 e. The van der Waals surface area contributed by atoms with Gasteiger partial charge in [0, 0.05) is 12.2 Å². The molecule has 0 aliphatic heterocycles. The molecule has 1 heterocycles. The molecule has 27 heavy (non-hydrogen) atoms. The number of nitrogens with two attached hydrogens (primary N) is 1. The van der Waals surface area contributed by atoms with Crippen molar-refractivity contribution in [2.45, 2.75) is 29.9 Å². The minimum atomic E-state index is -3.55. The summed E-state index contributed by atoms with van der Waals surface area (Å²) < 4.78 is 27.3. The molecule has 2 aromatic rings. The highest BCUT2D eigenvalue weighted by Crippen LogP contribution is 2.27. The number of aliphatic imine (C=N–C) groups is 1. The summed E-state index contributed by atoms with van der Waals surface area (Å²) in [5.41, 5.74) is 9.59. The predicted octanol–water partition coefficient (Wildman–Crippen LogP) is 3.60. The molecule has 0 radical (unpaired) electrons. The van der Waals surface area contributed by atoms with Crippen LogP contribution in [-0.2, 0) is 22.9 Å². The van der Waals surface area contributed by atoms with Crippen molar-refractivity contribution in [3.05, 3.63) is 45.8 Å². The zero-order chi connectivity index (χ0) is 18.6. The molecule has 0 spiro atoms. The molecule has 0 atom stereocenters. The van der Waals surface area contributed by atoms with E-state index < -0.39 is 10.0 Å². The Labute approximate surface area is 185 Å². The van der Waals surface area contributed by atoms with Crippen molar-refractivity contribution in [2.24, 2.45) is 10.7 Å². The van der Waals surface area contributed by atoms with Gasteiger partial charge in [0.15, 0.2) is 5.96 Å². The SMILES string of the molecule is I.NC(=NCCNS(=O)(=O)c1ccc(Cl)s1)Nc1cccc2c1CCCC2. The van der Waals surface area contributed by atoms with Crippen molar-refractivity contribution in [3.63, 3.8) is 0 Å². The van der Waals surface area contributed by atoms with Crippen molar-refractivity contribution < 1.29 is 8.42 Å². The average Bonchev–Trinajstić information content (AvgIpc) is 3.07. The van der Waals surface area contributed by atoms with Gasteiger partial charge in [0.25, 0.3) is 0 Å². The zero-order valence-electron chi connectivity index (χ0n) is 14.6. The molecular formula is C17H22ClIN4O2S2. The van der Waals surface area contributed by atoms with Crippen molar-refractivity contribution in [1.29, 1.82) is 0 Å². The number of rotatable bonds is 6. The van der Waals surface area contributed by atoms with E-state index in [2.05, 4.69) is 21.1 Å². The second kappa shape index (κ2) is 10.1. The third-order valence-electron chi connectivity index (χ3n) is 4.16. The predicted molar refractivity (Wildman–Crippen MR) is 123 cm³/mol. The third kappa shape index (κ3) is 6.05. The molecular weight excluding hydrogens is 519 g/mol. The summed E-state index contributed by atoms with van der Waals surface area (Å²) in [6.07, 6.45) is 4.53. The van der Waals surface area contributed by atoms with Crippen molar-refractivity contribution >= 4 is 68.6 Å². The summed E-state index contributed by atoms with van der Waals surface area (Å²) >= 11 is 6.79. The number of nitrogens with one attached hydrogen (secondary N) is 2. The molecule has 4 N–H and O–H groups in total. The molecule has 0 unspecified atom stereocenters. The van der Waals surface area contributed by atoms with Crippen LogP contribution in [0.25, 0.3) is 0 Å². The Morgan fingerprint density at radius 2 is 2.00 bits per heavy atom. The Hall–Kier alpha value is -0.880. The Balaban J connectivity index is 0.00000261. The van der Waals surface area contributed by atoms with E-state index in [1.807, 2.05) is 12.1 Å². The monoisotopic (exact) mass is 540 g/mol. The van der Waals surface area contributed by atoms with Gasteiger partial charge >= 0.3 is 0 Å². The first-order chi connectivity index (χ1) is 12.5. The maximum atomic E-state index is 12.1. The molecule has 6 nitrogen and oxygen atoms in total. The van der Waals surface area contributed by atoms with Gasteiger partial charge < -0.3 is 11.1 Å². The van der Waals surface area contributed by atoms with E-state index in [1.54, 1.807) is 6.07 Å². The Morgan fingerprint density at radius 3 is 2.74 bits per heavy atom. The molecule has 148 valence electrons. The lowest BCUT2D eigenvalue weighted by atomic mass is 9.90. The van der Waals surface area contributed by atoms with Crippen molar-refractivity contribution in [1.82, 2.24) is 4.72 Å². The van der Waals surface area contributed by atoms with Crippen LogP contribution < -0.4 is 15.8 Å². The summed E-state index contributed by atoms with van der Waals surface area (Å²) in [5, 5.41) is 3.14. The Morgan fingerprint density at radius 1 is 1.22 bits per heavy atom. The van der Waals surface area contributed by atoms with E-state index in [1.165, 1.54) is 30.0 Å². The molecule has 3 rings (SSSR count). The van der Waals surface area contributed by atoms with Gasteiger partial charge in [-0.3, -0.25) is 4.99 Å². The molecule has 1 aliphatic carbocycles. The highest BCUT2D eigenvalue weighted by atomic mass is 127. The summed E-state index contributed by atoms with van der Waals surface area (Å²) in [7, 11) is -3.55. The van der Waals surface area contributed by atoms with Crippen LogP contribution in [0.2, 0.25) is 4.34 Å². The Bertz CT molecular complexity index is 915. The molecule has 0 saturated heterocycles. The first kappa shape index (κ1) is 22.4. The Kier molecular flexibility index (Phi) is 8.35. The van der Waals surface area contributed by atoms with E-state index in [0.717, 1.165) is 29.9 Å². The molecule has 0 fully saturated rings. The smallest absolute Gasteiger partial charge is 0.250 e. The lowest BCUT2D eigenvalue weighted by Crippen LogP contribution is -2.28. The number of benzene rings is 1. The van der Waals surface area contributed by atoms with Crippen LogP contribution in [0.3, 0.4) is 0 Å². The molecule has 1 aromatic heterocycles. The summed E-state index contributed by atoms with van der Waals surface area (Å²) in [5.74, 6) is 0.280. The van der Waals surface area contributed by atoms with Gasteiger partial charge in [0.2, 0.25) is 10.0 Å². The van der Waals surface area contributed by atoms with E-state index in [0.29, 0.717) is 4.34 Å². The molecule has 0 saturated carbocycles. The van der Waals surface area contributed by atoms with E-state index in [4.69, 9.17) is 17.3 Å². The van der Waals surface area contributed by atoms with Crippen molar-refractivity contribution in [2.75, 3.05) is 18.4 Å². The molecule has 1 aromatic carbocycles. The number of hydrogen-bond donors (Lipinski definition) is 3. The van der Waals surface area contributed by atoms with Gasteiger partial charge in [-0.05, 0) is 55.0 Å². The minimum absolute atomic E-state index is 0. The average molecular weight is 541 g/mol. The molecule has 0 bridgehead atoms. The van der Waals surface area contributed by atoms with Crippen LogP contribution in [-0.4, -0.2) is 27.5 Å². The second-order valence-electron chi connectivity index (χ2n) is 6.00. The minimum Gasteiger partial charge on any atom is -0.370 e. The van der Waals surface area contributed by atoms with Crippen LogP contribution in [0.15, 0.2) is 39.5 Å². The first-order valence-electron chi connectivity index (χ1n) is 8.38. The summed E-state index contributed by atoms with van der Waals surface area (Å²) in [6, 6.07) is 9.20. The first-order valence-corrected chi connectivity index (χ1v) is 11.1. The number of nitrogens with zero attached hydrogens (tertiary/aromatic N) is 1. The number of hydrogen-bond acceptors (Lipinski definition) is 4. The van der Waals surface area contributed by atoms with Crippen molar-refractivity contribution in [3.8, 4) is 0 Å². The number of aryl methyl sites for hydroxylation is 1. The number of thiophene rings is 1. The van der Waals surface area contributed by atoms with E-state index >= 15 is 0 Å². The summed E-state index contributed by atoms with van der Waals surface area (Å²) in [6.45, 7) is 0.402. The number of guanidine groups is 1. The normalized spacial score (nSPS) is 14.3. The lowest BCUT2D eigenvalue weighted by molar-refractivity contribution is 0.584. The molecule has 10 heteroatoms. The van der Waals surface area contributed by atoms with Gasteiger partial charge in [-0.25, -0.2) is 13.1 Å². The topological polar surface area (TPSA) is 96.6 Å². The molecule has 0 amide bonds. The number of halogens is 2. The van der Waals surface area contributed by atoms with E-state index in [9.17, 15) is 8.42 Å². The van der Waals surface area contributed by atoms with Gasteiger partial charge in [0.1, 0.15) is 4.21 Å². The lowest BCUT2D eigenvalue weighted by Gasteiger charge is -2.19. The van der Waals surface area contributed by atoms with Crippen LogP contribution in [0, 0.1) is 0 Å².